The number of nitrogens with one attached hydrogen (secondary N) is 1. The van der Waals surface area contributed by atoms with Gasteiger partial charge in [0.25, 0.3) is 5.56 Å². The lowest BCUT2D eigenvalue weighted by atomic mass is 10.0. The zero-order chi connectivity index (χ0) is 20.8. The van der Waals surface area contributed by atoms with E-state index >= 15 is 0 Å². The third-order valence-electron chi connectivity index (χ3n) is 5.23. The van der Waals surface area contributed by atoms with Gasteiger partial charge in [0.1, 0.15) is 11.6 Å². The second kappa shape index (κ2) is 9.37. The predicted molar refractivity (Wildman–Crippen MR) is 114 cm³/mol. The van der Waals surface area contributed by atoms with Crippen molar-refractivity contribution in [2.75, 3.05) is 14.2 Å². The van der Waals surface area contributed by atoms with Crippen molar-refractivity contribution in [3.63, 3.8) is 0 Å². The van der Waals surface area contributed by atoms with E-state index in [4.69, 9.17) is 4.74 Å². The average Bonchev–Trinajstić information content (AvgIpc) is 2.73. The number of fused-ring (bicyclic) bond motifs is 1. The molecule has 0 aliphatic heterocycles. The number of carbonyl (C=O) groups excluding carboxylic acids is 1. The first-order chi connectivity index (χ1) is 14.0. The molecule has 1 N–H and O–H groups in total. The number of aromatic amines is 1. The molecule has 1 amide bonds. The number of nitrogens with zero attached hydrogens (tertiary/aromatic N) is 2. The van der Waals surface area contributed by atoms with E-state index in [1.165, 1.54) is 0 Å². The van der Waals surface area contributed by atoms with Gasteiger partial charge in [-0.15, -0.1) is 0 Å². The van der Waals surface area contributed by atoms with Crippen LogP contribution in [0.25, 0.3) is 10.9 Å². The van der Waals surface area contributed by atoms with Crippen LogP contribution in [0.2, 0.25) is 0 Å². The fourth-order valence-electron chi connectivity index (χ4n) is 3.41. The zero-order valence-electron chi connectivity index (χ0n) is 17.1. The third kappa shape index (κ3) is 5.02. The Kier molecular flexibility index (Phi) is 6.65. The maximum Gasteiger partial charge on any atom is 0.258 e. The number of methoxy groups -OCH3 is 1. The van der Waals surface area contributed by atoms with Gasteiger partial charge in [-0.2, -0.15) is 0 Å². The molecule has 0 aliphatic carbocycles. The number of amides is 1. The van der Waals surface area contributed by atoms with Gasteiger partial charge in [0.15, 0.2) is 0 Å². The summed E-state index contributed by atoms with van der Waals surface area (Å²) in [5.41, 5.74) is 1.62. The molecule has 6 nitrogen and oxygen atoms in total. The number of para-hydroxylation sites is 2. The third-order valence-corrected chi connectivity index (χ3v) is 5.23. The number of H-pyrrole nitrogens is 1. The number of ether oxygens (including phenoxy) is 1. The highest BCUT2D eigenvalue weighted by Gasteiger charge is 2.17. The molecule has 1 atom stereocenters. The number of hydrogen-bond acceptors (Lipinski definition) is 4. The lowest BCUT2D eigenvalue weighted by molar-refractivity contribution is -0.131. The van der Waals surface area contributed by atoms with Crippen molar-refractivity contribution in [3.8, 4) is 5.75 Å². The van der Waals surface area contributed by atoms with Crippen LogP contribution in [0, 0.1) is 0 Å². The number of rotatable bonds is 8. The normalized spacial score (nSPS) is 12.0. The molecule has 0 saturated carbocycles. The van der Waals surface area contributed by atoms with Crippen LogP contribution in [-0.4, -0.2) is 41.0 Å². The fourth-order valence-corrected chi connectivity index (χ4v) is 3.41. The number of carbonyl (C=O) groups is 1. The van der Waals surface area contributed by atoms with Crippen LogP contribution in [0.4, 0.5) is 0 Å². The highest BCUT2D eigenvalue weighted by atomic mass is 16.5. The summed E-state index contributed by atoms with van der Waals surface area (Å²) in [6, 6.07) is 15.2. The Hall–Kier alpha value is -3.15. The molecule has 0 unspecified atom stereocenters. The molecule has 1 heterocycles. The minimum atomic E-state index is -0.139. The molecular weight excluding hydrogens is 366 g/mol. The second-order valence-corrected chi connectivity index (χ2v) is 7.25. The van der Waals surface area contributed by atoms with Gasteiger partial charge in [-0.1, -0.05) is 30.3 Å². The molecule has 3 aromatic rings. The molecule has 1 aromatic heterocycles. The summed E-state index contributed by atoms with van der Waals surface area (Å²) in [4.78, 5) is 33.8. The molecule has 0 fully saturated rings. The van der Waals surface area contributed by atoms with Crippen LogP contribution in [-0.2, 0) is 17.6 Å². The lowest BCUT2D eigenvalue weighted by Gasteiger charge is -2.25. The largest absolute Gasteiger partial charge is 0.496 e. The van der Waals surface area contributed by atoms with Crippen molar-refractivity contribution >= 4 is 16.8 Å². The number of aromatic nitrogens is 2. The number of hydrogen-bond donors (Lipinski definition) is 1. The van der Waals surface area contributed by atoms with Crippen molar-refractivity contribution < 1.29 is 9.53 Å². The van der Waals surface area contributed by atoms with E-state index in [0.717, 1.165) is 17.7 Å². The summed E-state index contributed by atoms with van der Waals surface area (Å²) in [5.74, 6) is 1.54. The van der Waals surface area contributed by atoms with Gasteiger partial charge in [-0.25, -0.2) is 4.98 Å². The van der Waals surface area contributed by atoms with Gasteiger partial charge in [0, 0.05) is 25.9 Å². The van der Waals surface area contributed by atoms with Gasteiger partial charge in [0.05, 0.1) is 18.0 Å². The van der Waals surface area contributed by atoms with Crippen molar-refractivity contribution in [1.29, 1.82) is 0 Å². The van der Waals surface area contributed by atoms with Crippen molar-refractivity contribution in [3.05, 3.63) is 70.3 Å². The maximum atomic E-state index is 12.6. The van der Waals surface area contributed by atoms with Crippen LogP contribution in [0.15, 0.2) is 53.3 Å². The molecule has 152 valence electrons. The number of aryl methyl sites for hydroxylation is 1. The Morgan fingerprint density at radius 3 is 2.69 bits per heavy atom. The molecule has 2 aromatic carbocycles. The average molecular weight is 393 g/mol. The van der Waals surface area contributed by atoms with E-state index < -0.39 is 0 Å². The topological polar surface area (TPSA) is 75.3 Å². The minimum absolute atomic E-state index is 0.0531. The first-order valence-corrected chi connectivity index (χ1v) is 9.85. The monoisotopic (exact) mass is 393 g/mol. The Balaban J connectivity index is 1.55. The summed E-state index contributed by atoms with van der Waals surface area (Å²) in [6.45, 7) is 2.03. The quantitative estimate of drug-likeness (QED) is 0.637. The van der Waals surface area contributed by atoms with E-state index in [0.29, 0.717) is 36.0 Å². The molecular formula is C23H27N3O3. The summed E-state index contributed by atoms with van der Waals surface area (Å²) < 4.78 is 5.40. The highest BCUT2D eigenvalue weighted by Crippen LogP contribution is 2.20. The molecule has 0 bridgehead atoms. The molecule has 0 radical (unpaired) electrons. The van der Waals surface area contributed by atoms with Crippen molar-refractivity contribution in [1.82, 2.24) is 14.9 Å². The van der Waals surface area contributed by atoms with Crippen LogP contribution >= 0.6 is 0 Å². The van der Waals surface area contributed by atoms with E-state index in [9.17, 15) is 9.59 Å². The minimum Gasteiger partial charge on any atom is -0.496 e. The summed E-state index contributed by atoms with van der Waals surface area (Å²) in [6.07, 6.45) is 2.32. The molecule has 0 aliphatic rings. The summed E-state index contributed by atoms with van der Waals surface area (Å²) >= 11 is 0. The van der Waals surface area contributed by atoms with Crippen LogP contribution in [0.1, 0.15) is 31.2 Å². The van der Waals surface area contributed by atoms with Crippen molar-refractivity contribution in [2.24, 2.45) is 0 Å². The first kappa shape index (κ1) is 20.6. The van der Waals surface area contributed by atoms with Gasteiger partial charge in [0.2, 0.25) is 5.91 Å². The van der Waals surface area contributed by atoms with E-state index in [-0.39, 0.29) is 17.5 Å². The van der Waals surface area contributed by atoms with Crippen LogP contribution < -0.4 is 10.3 Å². The summed E-state index contributed by atoms with van der Waals surface area (Å²) in [5, 5.41) is 0.581. The SMILES string of the molecule is COc1ccccc1C[C@@H](C)N(C)C(=O)CCCc1nc2ccccc2c(=O)[nH]1. The second-order valence-electron chi connectivity index (χ2n) is 7.25. The van der Waals surface area contributed by atoms with Gasteiger partial charge >= 0.3 is 0 Å². The molecule has 0 spiro atoms. The van der Waals surface area contributed by atoms with Gasteiger partial charge in [-0.05, 0) is 43.5 Å². The molecule has 0 saturated heterocycles. The molecule has 6 heteroatoms. The molecule has 29 heavy (non-hydrogen) atoms. The van der Waals surface area contributed by atoms with E-state index in [1.54, 1.807) is 18.1 Å². The van der Waals surface area contributed by atoms with Crippen molar-refractivity contribution in [2.45, 2.75) is 38.6 Å². The lowest BCUT2D eigenvalue weighted by Crippen LogP contribution is -2.36. The van der Waals surface area contributed by atoms with Gasteiger partial charge in [-0.3, -0.25) is 9.59 Å². The highest BCUT2D eigenvalue weighted by molar-refractivity contribution is 5.77. The maximum absolute atomic E-state index is 12.6. The van der Waals surface area contributed by atoms with Crippen LogP contribution in [0.5, 0.6) is 5.75 Å². The smallest absolute Gasteiger partial charge is 0.258 e. The first-order valence-electron chi connectivity index (χ1n) is 9.85. The summed E-state index contributed by atoms with van der Waals surface area (Å²) in [7, 11) is 3.49. The van der Waals surface area contributed by atoms with E-state index in [2.05, 4.69) is 9.97 Å². The Morgan fingerprint density at radius 2 is 1.90 bits per heavy atom. The Bertz CT molecular complexity index is 1040. The molecule has 3 rings (SSSR count). The Labute approximate surface area is 170 Å². The van der Waals surface area contributed by atoms with Crippen LogP contribution in [0.3, 0.4) is 0 Å². The predicted octanol–water partition coefficient (Wildman–Crippen LogP) is 3.34. The number of benzene rings is 2. The van der Waals surface area contributed by atoms with E-state index in [1.807, 2.05) is 56.4 Å². The zero-order valence-corrected chi connectivity index (χ0v) is 17.1. The Morgan fingerprint density at radius 1 is 1.17 bits per heavy atom. The standard InChI is InChI=1S/C23H27N3O3/c1-16(15-17-9-4-7-12-20(17)29-3)26(2)22(27)14-8-13-21-24-19-11-6-5-10-18(19)23(28)25-21/h4-7,9-12,16H,8,13-15H2,1-3H3,(H,24,25,28)/t16-/m1/s1. The van der Waals surface area contributed by atoms with Gasteiger partial charge < -0.3 is 14.6 Å². The fraction of sp³-hybridized carbons (Fsp3) is 0.348. The number of likely N-dealkylation sites (N-methyl/N-ethyl adjacent to an activating group) is 1.